The van der Waals surface area contributed by atoms with Crippen LogP contribution in [-0.2, 0) is 6.42 Å². The molecule has 0 aliphatic heterocycles. The SMILES string of the molecule is COc1ccc(F)cc1NC(=O)NC(C)C(O)Cc1ccccc1. The second kappa shape index (κ2) is 8.31. The number of hydrogen-bond donors (Lipinski definition) is 3. The van der Waals surface area contributed by atoms with E-state index >= 15 is 0 Å². The summed E-state index contributed by atoms with van der Waals surface area (Å²) in [7, 11) is 1.43. The zero-order valence-electron chi connectivity index (χ0n) is 13.6. The van der Waals surface area contributed by atoms with Gasteiger partial charge in [0.15, 0.2) is 0 Å². The van der Waals surface area contributed by atoms with Gasteiger partial charge in [0.2, 0.25) is 0 Å². The van der Waals surface area contributed by atoms with Crippen LogP contribution in [0.3, 0.4) is 0 Å². The number of aliphatic hydroxyl groups excluding tert-OH is 1. The summed E-state index contributed by atoms with van der Waals surface area (Å²) in [6, 6.07) is 12.3. The molecule has 0 radical (unpaired) electrons. The Morgan fingerprint density at radius 2 is 1.96 bits per heavy atom. The Morgan fingerprint density at radius 1 is 1.25 bits per heavy atom. The van der Waals surface area contributed by atoms with E-state index in [0.29, 0.717) is 12.2 Å². The fraction of sp³-hybridized carbons (Fsp3) is 0.278. The van der Waals surface area contributed by atoms with Crippen LogP contribution < -0.4 is 15.4 Å². The summed E-state index contributed by atoms with van der Waals surface area (Å²) in [4.78, 5) is 12.0. The Balaban J connectivity index is 1.93. The number of aliphatic hydroxyl groups is 1. The van der Waals surface area contributed by atoms with Gasteiger partial charge in [-0.2, -0.15) is 0 Å². The summed E-state index contributed by atoms with van der Waals surface area (Å²) < 4.78 is 18.4. The molecule has 2 rings (SSSR count). The number of rotatable bonds is 6. The second-order valence-corrected chi connectivity index (χ2v) is 5.49. The zero-order chi connectivity index (χ0) is 17.5. The lowest BCUT2D eigenvalue weighted by Gasteiger charge is -2.21. The van der Waals surface area contributed by atoms with Crippen LogP contribution in [0.5, 0.6) is 5.75 Å². The molecule has 0 aromatic heterocycles. The molecule has 128 valence electrons. The molecule has 0 fully saturated rings. The van der Waals surface area contributed by atoms with E-state index in [2.05, 4.69) is 10.6 Å². The standard InChI is InChI=1S/C18H21FN2O3/c1-12(16(22)10-13-6-4-3-5-7-13)20-18(23)21-15-11-14(19)8-9-17(15)24-2/h3-9,11-12,16,22H,10H2,1-2H3,(H2,20,21,23). The number of ether oxygens (including phenoxy) is 1. The Labute approximate surface area is 140 Å². The molecular weight excluding hydrogens is 311 g/mol. The van der Waals surface area contributed by atoms with Crippen LogP contribution in [0.25, 0.3) is 0 Å². The molecule has 2 amide bonds. The number of benzene rings is 2. The minimum atomic E-state index is -0.743. The first-order chi connectivity index (χ1) is 11.5. The molecule has 0 heterocycles. The van der Waals surface area contributed by atoms with Crippen LogP contribution in [0.1, 0.15) is 12.5 Å². The zero-order valence-corrected chi connectivity index (χ0v) is 13.6. The van der Waals surface area contributed by atoms with Crippen molar-refractivity contribution in [2.24, 2.45) is 0 Å². The van der Waals surface area contributed by atoms with Crippen molar-refractivity contribution in [2.75, 3.05) is 12.4 Å². The quantitative estimate of drug-likeness (QED) is 0.762. The summed E-state index contributed by atoms with van der Waals surface area (Å²) >= 11 is 0. The molecule has 0 aliphatic rings. The normalized spacial score (nSPS) is 13.0. The van der Waals surface area contributed by atoms with Crippen LogP contribution in [0.15, 0.2) is 48.5 Å². The van der Waals surface area contributed by atoms with Crippen molar-refractivity contribution in [2.45, 2.75) is 25.5 Å². The van der Waals surface area contributed by atoms with E-state index in [9.17, 15) is 14.3 Å². The Morgan fingerprint density at radius 3 is 2.62 bits per heavy atom. The molecule has 0 saturated heterocycles. The van der Waals surface area contributed by atoms with E-state index in [1.807, 2.05) is 30.3 Å². The number of carbonyl (C=O) groups is 1. The minimum Gasteiger partial charge on any atom is -0.495 e. The van der Waals surface area contributed by atoms with E-state index in [4.69, 9.17) is 4.74 Å². The van der Waals surface area contributed by atoms with Gasteiger partial charge < -0.3 is 20.5 Å². The lowest BCUT2D eigenvalue weighted by atomic mass is 10.0. The van der Waals surface area contributed by atoms with Crippen molar-refractivity contribution < 1.29 is 19.0 Å². The number of methoxy groups -OCH3 is 1. The van der Waals surface area contributed by atoms with Gasteiger partial charge in [-0.05, 0) is 24.6 Å². The molecule has 0 aliphatic carbocycles. The first-order valence-corrected chi connectivity index (χ1v) is 7.62. The predicted octanol–water partition coefficient (Wildman–Crippen LogP) is 2.95. The lowest BCUT2D eigenvalue weighted by Crippen LogP contribution is -2.44. The molecule has 5 nitrogen and oxygen atoms in total. The summed E-state index contributed by atoms with van der Waals surface area (Å²) in [6.07, 6.45) is -0.321. The van der Waals surface area contributed by atoms with Gasteiger partial charge in [-0.1, -0.05) is 30.3 Å². The van der Waals surface area contributed by atoms with Gasteiger partial charge in [0.25, 0.3) is 0 Å². The molecule has 0 spiro atoms. The fourth-order valence-electron chi connectivity index (χ4n) is 2.27. The minimum absolute atomic E-state index is 0.222. The molecule has 0 bridgehead atoms. The third kappa shape index (κ3) is 4.96. The molecule has 24 heavy (non-hydrogen) atoms. The predicted molar refractivity (Wildman–Crippen MR) is 90.7 cm³/mol. The fourth-order valence-corrected chi connectivity index (χ4v) is 2.27. The van der Waals surface area contributed by atoms with E-state index in [1.165, 1.54) is 25.3 Å². The van der Waals surface area contributed by atoms with E-state index < -0.39 is 24.0 Å². The van der Waals surface area contributed by atoms with Gasteiger partial charge in [-0.3, -0.25) is 0 Å². The molecule has 0 saturated carbocycles. The number of urea groups is 1. The van der Waals surface area contributed by atoms with Crippen molar-refractivity contribution in [3.8, 4) is 5.75 Å². The molecule has 6 heteroatoms. The third-order valence-corrected chi connectivity index (χ3v) is 3.63. The number of amides is 2. The van der Waals surface area contributed by atoms with Crippen LogP contribution in [0, 0.1) is 5.82 Å². The average molecular weight is 332 g/mol. The van der Waals surface area contributed by atoms with Gasteiger partial charge in [0.1, 0.15) is 11.6 Å². The largest absolute Gasteiger partial charge is 0.495 e. The monoisotopic (exact) mass is 332 g/mol. The second-order valence-electron chi connectivity index (χ2n) is 5.49. The van der Waals surface area contributed by atoms with E-state index in [1.54, 1.807) is 6.92 Å². The maximum atomic E-state index is 13.3. The van der Waals surface area contributed by atoms with E-state index in [0.717, 1.165) is 5.56 Å². The Bertz CT molecular complexity index is 679. The Kier molecular flexibility index (Phi) is 6.14. The van der Waals surface area contributed by atoms with Crippen molar-refractivity contribution >= 4 is 11.7 Å². The highest BCUT2D eigenvalue weighted by atomic mass is 19.1. The molecule has 2 aromatic carbocycles. The molecule has 2 aromatic rings. The summed E-state index contributed by atoms with van der Waals surface area (Å²) in [5, 5.41) is 15.4. The lowest BCUT2D eigenvalue weighted by molar-refractivity contribution is 0.137. The summed E-state index contributed by atoms with van der Waals surface area (Å²) in [5.74, 6) is -0.132. The number of carbonyl (C=O) groups excluding carboxylic acids is 1. The van der Waals surface area contributed by atoms with Gasteiger partial charge in [0, 0.05) is 12.5 Å². The van der Waals surface area contributed by atoms with Gasteiger partial charge in [-0.15, -0.1) is 0 Å². The van der Waals surface area contributed by atoms with Gasteiger partial charge in [0.05, 0.1) is 24.9 Å². The first kappa shape index (κ1) is 17.7. The molecule has 3 N–H and O–H groups in total. The third-order valence-electron chi connectivity index (χ3n) is 3.63. The highest BCUT2D eigenvalue weighted by Crippen LogP contribution is 2.24. The number of nitrogens with one attached hydrogen (secondary N) is 2. The molecular formula is C18H21FN2O3. The maximum absolute atomic E-state index is 13.3. The van der Waals surface area contributed by atoms with Crippen LogP contribution in [0.2, 0.25) is 0 Å². The number of halogens is 1. The van der Waals surface area contributed by atoms with Crippen molar-refractivity contribution in [3.05, 3.63) is 59.9 Å². The van der Waals surface area contributed by atoms with Gasteiger partial charge >= 0.3 is 6.03 Å². The first-order valence-electron chi connectivity index (χ1n) is 7.62. The summed E-state index contributed by atoms with van der Waals surface area (Å²) in [6.45, 7) is 1.70. The van der Waals surface area contributed by atoms with E-state index in [-0.39, 0.29) is 5.69 Å². The van der Waals surface area contributed by atoms with Crippen molar-refractivity contribution in [1.82, 2.24) is 5.32 Å². The number of hydrogen-bond acceptors (Lipinski definition) is 3. The van der Waals surface area contributed by atoms with Gasteiger partial charge in [-0.25, -0.2) is 9.18 Å². The smallest absolute Gasteiger partial charge is 0.319 e. The van der Waals surface area contributed by atoms with Crippen molar-refractivity contribution in [1.29, 1.82) is 0 Å². The maximum Gasteiger partial charge on any atom is 0.319 e. The number of anilines is 1. The highest BCUT2D eigenvalue weighted by Gasteiger charge is 2.18. The highest BCUT2D eigenvalue weighted by molar-refractivity contribution is 5.91. The topological polar surface area (TPSA) is 70.6 Å². The Hall–Kier alpha value is -2.60. The summed E-state index contributed by atoms with van der Waals surface area (Å²) in [5.41, 5.74) is 1.20. The average Bonchev–Trinajstić information content (AvgIpc) is 2.55. The van der Waals surface area contributed by atoms with Crippen molar-refractivity contribution in [3.63, 3.8) is 0 Å². The van der Waals surface area contributed by atoms with Crippen LogP contribution >= 0.6 is 0 Å². The van der Waals surface area contributed by atoms with Crippen LogP contribution in [0.4, 0.5) is 14.9 Å². The molecule has 2 unspecified atom stereocenters. The van der Waals surface area contributed by atoms with Crippen LogP contribution in [-0.4, -0.2) is 30.4 Å². The molecule has 2 atom stereocenters.